The second-order valence-electron chi connectivity index (χ2n) is 23.8. The first-order chi connectivity index (χ1) is 40.0. The molecule has 81 heavy (non-hydrogen) atoms. The number of rotatable bonds is 65. The maximum Gasteiger partial charge on any atom is 0.306 e. The lowest BCUT2D eigenvalue weighted by Gasteiger charge is -2.18. The molecule has 0 saturated heterocycles. The third-order valence-corrected chi connectivity index (χ3v) is 15.7. The summed E-state index contributed by atoms with van der Waals surface area (Å²) in [6.07, 6.45) is 91.1. The van der Waals surface area contributed by atoms with Crippen molar-refractivity contribution in [2.24, 2.45) is 0 Å². The van der Waals surface area contributed by atoms with E-state index in [0.29, 0.717) is 19.3 Å². The van der Waals surface area contributed by atoms with Gasteiger partial charge in [0.2, 0.25) is 0 Å². The highest BCUT2D eigenvalue weighted by molar-refractivity contribution is 5.71. The second-order valence-corrected chi connectivity index (χ2v) is 23.8. The molecule has 0 aliphatic carbocycles. The largest absolute Gasteiger partial charge is 0.462 e. The Bertz CT molecular complexity index is 1490. The van der Waals surface area contributed by atoms with Gasteiger partial charge in [-0.3, -0.25) is 14.4 Å². The highest BCUT2D eigenvalue weighted by Gasteiger charge is 2.19. The lowest BCUT2D eigenvalue weighted by Crippen LogP contribution is -2.30. The maximum atomic E-state index is 12.9. The van der Waals surface area contributed by atoms with E-state index in [2.05, 4.69) is 93.7 Å². The summed E-state index contributed by atoms with van der Waals surface area (Å²) < 4.78 is 16.9. The molecule has 0 aromatic rings. The van der Waals surface area contributed by atoms with E-state index in [4.69, 9.17) is 14.2 Å². The van der Waals surface area contributed by atoms with E-state index in [9.17, 15) is 14.4 Å². The van der Waals surface area contributed by atoms with Crippen LogP contribution in [0.25, 0.3) is 0 Å². The smallest absolute Gasteiger partial charge is 0.306 e. The van der Waals surface area contributed by atoms with Crippen LogP contribution in [0.15, 0.2) is 72.9 Å². The fraction of sp³-hybridized carbons (Fsp3) is 0.800. The Morgan fingerprint density at radius 1 is 0.259 bits per heavy atom. The standard InChI is InChI=1S/C75H134O6/c1-4-7-10-13-16-18-20-22-24-26-28-30-32-34-36-37-39-40-42-44-46-48-50-52-54-56-59-62-65-68-74(77)80-71-72(70-79-73(76)67-64-61-58-15-12-9-6-3)81-75(78)69-66-63-60-57-55-53-51-49-47-45-43-41-38-35-33-31-29-27-25-23-21-19-17-14-11-8-5-2/h8,11,17,19-20,22-23,25-26,28-29,31,72H,4-7,9-10,12-16,18,21,24,27,30,32-71H2,1-3H3/b11-8-,19-17-,22-20-,25-23-,28-26-,31-29-. The lowest BCUT2D eigenvalue weighted by molar-refractivity contribution is -0.167. The fourth-order valence-corrected chi connectivity index (χ4v) is 10.4. The summed E-state index contributed by atoms with van der Waals surface area (Å²) in [5, 5.41) is 0. The Kier molecular flexibility index (Phi) is 66.6. The molecule has 0 radical (unpaired) electrons. The van der Waals surface area contributed by atoms with Crippen molar-refractivity contribution in [2.45, 2.75) is 374 Å². The first kappa shape index (κ1) is 77.9. The molecular formula is C75H134O6. The van der Waals surface area contributed by atoms with Gasteiger partial charge in [0.15, 0.2) is 6.10 Å². The summed E-state index contributed by atoms with van der Waals surface area (Å²) >= 11 is 0. The first-order valence-corrected chi connectivity index (χ1v) is 35.4. The number of hydrogen-bond acceptors (Lipinski definition) is 6. The number of ether oxygens (including phenoxy) is 3. The van der Waals surface area contributed by atoms with Gasteiger partial charge in [-0.15, -0.1) is 0 Å². The number of carbonyl (C=O) groups excluding carboxylic acids is 3. The Balaban J connectivity index is 4.04. The highest BCUT2D eigenvalue weighted by atomic mass is 16.6. The van der Waals surface area contributed by atoms with Gasteiger partial charge in [0.05, 0.1) is 0 Å². The average Bonchev–Trinajstić information content (AvgIpc) is 3.46. The van der Waals surface area contributed by atoms with Crippen molar-refractivity contribution in [3.05, 3.63) is 72.9 Å². The van der Waals surface area contributed by atoms with Crippen molar-refractivity contribution < 1.29 is 28.6 Å². The molecule has 0 fully saturated rings. The predicted octanol–water partition coefficient (Wildman–Crippen LogP) is 24.4. The molecule has 0 amide bonds. The Hall–Kier alpha value is -3.15. The minimum Gasteiger partial charge on any atom is -0.462 e. The summed E-state index contributed by atoms with van der Waals surface area (Å²) in [6, 6.07) is 0. The predicted molar refractivity (Wildman–Crippen MR) is 353 cm³/mol. The molecule has 0 N–H and O–H groups in total. The SMILES string of the molecule is CC/C=C\C/C=C\C/C=C\C/C=C\CCCCCCCCCCCCCCCCC(=O)OC(COC(=O)CCCCCCCCC)COC(=O)CCCCCCCCCCCCCCCCCCC/C=C\C/C=C\CCCCCCC. The third-order valence-electron chi connectivity index (χ3n) is 15.7. The van der Waals surface area contributed by atoms with Gasteiger partial charge < -0.3 is 14.2 Å². The van der Waals surface area contributed by atoms with Crippen LogP contribution in [0.4, 0.5) is 0 Å². The molecule has 0 rings (SSSR count). The van der Waals surface area contributed by atoms with E-state index in [1.165, 1.54) is 238 Å². The number of carbonyl (C=O) groups is 3. The normalized spacial score (nSPS) is 12.5. The van der Waals surface area contributed by atoms with Gasteiger partial charge >= 0.3 is 17.9 Å². The molecule has 0 aliphatic heterocycles. The minimum absolute atomic E-state index is 0.0706. The van der Waals surface area contributed by atoms with Crippen LogP contribution in [0.3, 0.4) is 0 Å². The monoisotopic (exact) mass is 1130 g/mol. The van der Waals surface area contributed by atoms with Crippen LogP contribution in [0.2, 0.25) is 0 Å². The lowest BCUT2D eigenvalue weighted by atomic mass is 10.0. The van der Waals surface area contributed by atoms with E-state index in [1.54, 1.807) is 0 Å². The van der Waals surface area contributed by atoms with Crippen molar-refractivity contribution in [3.63, 3.8) is 0 Å². The summed E-state index contributed by atoms with van der Waals surface area (Å²) in [6.45, 7) is 6.53. The molecule has 0 aliphatic rings. The number of allylic oxidation sites excluding steroid dienone is 12. The van der Waals surface area contributed by atoms with Gasteiger partial charge in [0.1, 0.15) is 13.2 Å². The van der Waals surface area contributed by atoms with Crippen LogP contribution >= 0.6 is 0 Å². The van der Waals surface area contributed by atoms with Gasteiger partial charge in [0.25, 0.3) is 0 Å². The topological polar surface area (TPSA) is 78.9 Å². The van der Waals surface area contributed by atoms with Gasteiger partial charge in [-0.05, 0) is 89.9 Å². The zero-order valence-electron chi connectivity index (χ0n) is 54.1. The number of hydrogen-bond donors (Lipinski definition) is 0. The second kappa shape index (κ2) is 69.3. The maximum absolute atomic E-state index is 12.9. The molecule has 0 spiro atoms. The summed E-state index contributed by atoms with van der Waals surface area (Å²) in [5.74, 6) is -0.858. The molecular weight excluding hydrogens is 997 g/mol. The zero-order chi connectivity index (χ0) is 58.5. The number of unbranched alkanes of at least 4 members (excludes halogenated alkanes) is 42. The van der Waals surface area contributed by atoms with E-state index in [-0.39, 0.29) is 31.1 Å². The summed E-state index contributed by atoms with van der Waals surface area (Å²) in [7, 11) is 0. The van der Waals surface area contributed by atoms with Crippen LogP contribution in [-0.4, -0.2) is 37.2 Å². The van der Waals surface area contributed by atoms with Gasteiger partial charge in [-0.2, -0.15) is 0 Å². The van der Waals surface area contributed by atoms with E-state index < -0.39 is 6.10 Å². The van der Waals surface area contributed by atoms with Crippen molar-refractivity contribution in [1.29, 1.82) is 0 Å². The summed E-state index contributed by atoms with van der Waals surface area (Å²) in [4.78, 5) is 38.2. The number of esters is 3. The molecule has 0 aromatic carbocycles. The average molecular weight is 1130 g/mol. The first-order valence-electron chi connectivity index (χ1n) is 35.4. The van der Waals surface area contributed by atoms with Crippen LogP contribution < -0.4 is 0 Å². The third kappa shape index (κ3) is 67.5. The van der Waals surface area contributed by atoms with E-state index in [1.807, 2.05) is 0 Å². The quantitative estimate of drug-likeness (QED) is 0.0261. The van der Waals surface area contributed by atoms with Gasteiger partial charge in [0, 0.05) is 19.3 Å². The molecule has 1 atom stereocenters. The van der Waals surface area contributed by atoms with Crippen LogP contribution in [0.5, 0.6) is 0 Å². The molecule has 0 aromatic heterocycles. The molecule has 470 valence electrons. The molecule has 0 saturated carbocycles. The molecule has 0 heterocycles. The highest BCUT2D eigenvalue weighted by Crippen LogP contribution is 2.18. The van der Waals surface area contributed by atoms with Crippen molar-refractivity contribution in [2.75, 3.05) is 13.2 Å². The van der Waals surface area contributed by atoms with Crippen molar-refractivity contribution in [3.8, 4) is 0 Å². The van der Waals surface area contributed by atoms with Gasteiger partial charge in [-0.1, -0.05) is 331 Å². The van der Waals surface area contributed by atoms with Crippen LogP contribution in [0, 0.1) is 0 Å². The Morgan fingerprint density at radius 3 is 0.753 bits per heavy atom. The summed E-state index contributed by atoms with van der Waals surface area (Å²) in [5.41, 5.74) is 0. The van der Waals surface area contributed by atoms with E-state index >= 15 is 0 Å². The van der Waals surface area contributed by atoms with E-state index in [0.717, 1.165) is 89.9 Å². The molecule has 0 bridgehead atoms. The van der Waals surface area contributed by atoms with Crippen LogP contribution in [0.1, 0.15) is 367 Å². The molecule has 6 nitrogen and oxygen atoms in total. The fourth-order valence-electron chi connectivity index (χ4n) is 10.4. The Morgan fingerprint density at radius 2 is 0.481 bits per heavy atom. The minimum atomic E-state index is -0.772. The van der Waals surface area contributed by atoms with Crippen molar-refractivity contribution >= 4 is 17.9 Å². The van der Waals surface area contributed by atoms with Crippen LogP contribution in [-0.2, 0) is 28.6 Å². The zero-order valence-corrected chi connectivity index (χ0v) is 54.1. The molecule has 1 unspecified atom stereocenters. The van der Waals surface area contributed by atoms with Crippen molar-refractivity contribution in [1.82, 2.24) is 0 Å². The van der Waals surface area contributed by atoms with Gasteiger partial charge in [-0.25, -0.2) is 0 Å². The Labute approximate surface area is 503 Å². The molecule has 6 heteroatoms.